The van der Waals surface area contributed by atoms with Crippen molar-refractivity contribution in [1.29, 1.82) is 0 Å². The molecule has 0 spiro atoms. The zero-order valence-corrected chi connectivity index (χ0v) is 15.1. The highest BCUT2D eigenvalue weighted by Gasteiger charge is 2.10. The Balaban J connectivity index is 1.52. The van der Waals surface area contributed by atoms with Gasteiger partial charge in [0.2, 0.25) is 11.0 Å². The molecule has 3 rings (SSSR count). The molecule has 2 aromatic carbocycles. The second-order valence-electron chi connectivity index (χ2n) is 4.82. The summed E-state index contributed by atoms with van der Waals surface area (Å²) < 4.78 is 14.2. The Labute approximate surface area is 156 Å². The Bertz CT molecular complexity index is 873. The van der Waals surface area contributed by atoms with Crippen LogP contribution in [0.25, 0.3) is 0 Å². The number of carbonyl (C=O) groups is 1. The highest BCUT2D eigenvalue weighted by atomic mass is 35.5. The molecular formula is C16H12ClFN4OS2. The number of amides is 1. The maximum atomic E-state index is 13.6. The second kappa shape index (κ2) is 8.28. The van der Waals surface area contributed by atoms with Gasteiger partial charge in [-0.05, 0) is 36.4 Å². The molecule has 0 atom stereocenters. The van der Waals surface area contributed by atoms with Gasteiger partial charge >= 0.3 is 0 Å². The molecule has 0 aliphatic carbocycles. The molecule has 9 heteroatoms. The lowest BCUT2D eigenvalue weighted by molar-refractivity contribution is -0.113. The lowest BCUT2D eigenvalue weighted by Gasteiger charge is -2.03. The third-order valence-electron chi connectivity index (χ3n) is 2.98. The van der Waals surface area contributed by atoms with Crippen molar-refractivity contribution in [2.45, 2.75) is 4.34 Å². The summed E-state index contributed by atoms with van der Waals surface area (Å²) in [5, 5.41) is 14.6. The van der Waals surface area contributed by atoms with Crippen molar-refractivity contribution in [3.8, 4) is 0 Å². The van der Waals surface area contributed by atoms with E-state index >= 15 is 0 Å². The summed E-state index contributed by atoms with van der Waals surface area (Å²) in [5.41, 5.74) is 1.00. The van der Waals surface area contributed by atoms with Crippen LogP contribution >= 0.6 is 34.7 Å². The first kappa shape index (κ1) is 17.7. The van der Waals surface area contributed by atoms with E-state index in [0.29, 0.717) is 25.9 Å². The zero-order chi connectivity index (χ0) is 17.6. The summed E-state index contributed by atoms with van der Waals surface area (Å²) in [6.07, 6.45) is 0. The maximum absolute atomic E-state index is 13.6. The summed E-state index contributed by atoms with van der Waals surface area (Å²) in [5.74, 6) is -0.336. The van der Waals surface area contributed by atoms with Crippen molar-refractivity contribution in [3.63, 3.8) is 0 Å². The molecule has 0 bridgehead atoms. The lowest BCUT2D eigenvalue weighted by Crippen LogP contribution is -2.13. The normalized spacial score (nSPS) is 10.5. The fourth-order valence-electron chi connectivity index (χ4n) is 1.85. The fourth-order valence-corrected chi connectivity index (χ4v) is 3.54. The molecule has 2 N–H and O–H groups in total. The number of para-hydroxylation sites is 1. The molecule has 0 saturated carbocycles. The van der Waals surface area contributed by atoms with Gasteiger partial charge in [0.1, 0.15) is 5.82 Å². The van der Waals surface area contributed by atoms with Crippen LogP contribution in [-0.4, -0.2) is 21.9 Å². The van der Waals surface area contributed by atoms with Gasteiger partial charge in [-0.2, -0.15) is 0 Å². The van der Waals surface area contributed by atoms with Crippen LogP contribution in [0.5, 0.6) is 0 Å². The maximum Gasteiger partial charge on any atom is 0.234 e. The minimum Gasteiger partial charge on any atom is -0.328 e. The summed E-state index contributed by atoms with van der Waals surface area (Å²) in [4.78, 5) is 11.9. The SMILES string of the molecule is O=C(CSc1nnc(Nc2ccccc2F)s1)Nc1ccc(Cl)cc1. The molecule has 0 saturated heterocycles. The summed E-state index contributed by atoms with van der Waals surface area (Å²) in [6.45, 7) is 0. The Kier molecular flexibility index (Phi) is 5.85. The molecular weight excluding hydrogens is 383 g/mol. The summed E-state index contributed by atoms with van der Waals surface area (Å²) in [6, 6.07) is 13.2. The Morgan fingerprint density at radius 1 is 1.16 bits per heavy atom. The monoisotopic (exact) mass is 394 g/mol. The van der Waals surface area contributed by atoms with E-state index in [9.17, 15) is 9.18 Å². The van der Waals surface area contributed by atoms with E-state index in [0.717, 1.165) is 0 Å². The Morgan fingerprint density at radius 3 is 2.68 bits per heavy atom. The average molecular weight is 395 g/mol. The molecule has 0 unspecified atom stereocenters. The summed E-state index contributed by atoms with van der Waals surface area (Å²) >= 11 is 8.31. The predicted octanol–water partition coefficient (Wildman–Crippen LogP) is 4.81. The third kappa shape index (κ3) is 5.15. The molecule has 5 nitrogen and oxygen atoms in total. The number of carbonyl (C=O) groups excluding carboxylic acids is 1. The van der Waals surface area contributed by atoms with Gasteiger partial charge in [-0.15, -0.1) is 10.2 Å². The molecule has 0 fully saturated rings. The smallest absolute Gasteiger partial charge is 0.234 e. The zero-order valence-electron chi connectivity index (χ0n) is 12.7. The molecule has 128 valence electrons. The van der Waals surface area contributed by atoms with E-state index in [-0.39, 0.29) is 17.5 Å². The van der Waals surface area contributed by atoms with Gasteiger partial charge in [0.05, 0.1) is 11.4 Å². The number of aromatic nitrogens is 2. The van der Waals surface area contributed by atoms with Gasteiger partial charge in [-0.3, -0.25) is 4.79 Å². The number of rotatable bonds is 6. The minimum atomic E-state index is -0.366. The third-order valence-corrected chi connectivity index (χ3v) is 5.20. The number of halogens is 2. The number of hydrogen-bond acceptors (Lipinski definition) is 6. The molecule has 0 aliphatic rings. The van der Waals surface area contributed by atoms with Crippen LogP contribution in [0.4, 0.5) is 20.9 Å². The van der Waals surface area contributed by atoms with Crippen LogP contribution in [0.2, 0.25) is 5.02 Å². The quantitative estimate of drug-likeness (QED) is 0.587. The first-order chi connectivity index (χ1) is 12.1. The highest BCUT2D eigenvalue weighted by molar-refractivity contribution is 8.01. The van der Waals surface area contributed by atoms with Gasteiger partial charge in [0.25, 0.3) is 0 Å². The molecule has 3 aromatic rings. The van der Waals surface area contributed by atoms with E-state index in [1.807, 2.05) is 0 Å². The van der Waals surface area contributed by atoms with Crippen molar-refractivity contribution in [3.05, 3.63) is 59.4 Å². The van der Waals surface area contributed by atoms with Crippen LogP contribution in [0.1, 0.15) is 0 Å². The highest BCUT2D eigenvalue weighted by Crippen LogP contribution is 2.28. The molecule has 25 heavy (non-hydrogen) atoms. The van der Waals surface area contributed by atoms with Crippen LogP contribution in [0.3, 0.4) is 0 Å². The van der Waals surface area contributed by atoms with Crippen molar-refractivity contribution < 1.29 is 9.18 Å². The molecule has 1 amide bonds. The van der Waals surface area contributed by atoms with Gasteiger partial charge < -0.3 is 10.6 Å². The van der Waals surface area contributed by atoms with Crippen molar-refractivity contribution in [2.75, 3.05) is 16.4 Å². The van der Waals surface area contributed by atoms with Gasteiger partial charge in [-0.25, -0.2) is 4.39 Å². The van der Waals surface area contributed by atoms with E-state index in [1.54, 1.807) is 42.5 Å². The number of anilines is 3. The van der Waals surface area contributed by atoms with Gasteiger partial charge in [-0.1, -0.05) is 46.8 Å². The Hall–Kier alpha value is -2.16. The lowest BCUT2D eigenvalue weighted by atomic mass is 10.3. The topological polar surface area (TPSA) is 66.9 Å². The van der Waals surface area contributed by atoms with Crippen molar-refractivity contribution >= 4 is 57.1 Å². The first-order valence-electron chi connectivity index (χ1n) is 7.13. The van der Waals surface area contributed by atoms with Crippen LogP contribution in [-0.2, 0) is 4.79 Å². The molecule has 0 aliphatic heterocycles. The van der Waals surface area contributed by atoms with E-state index in [1.165, 1.54) is 29.2 Å². The first-order valence-corrected chi connectivity index (χ1v) is 9.31. The van der Waals surface area contributed by atoms with Crippen molar-refractivity contribution in [2.24, 2.45) is 0 Å². The molecule has 1 aromatic heterocycles. The number of thioether (sulfide) groups is 1. The van der Waals surface area contributed by atoms with Gasteiger partial charge in [0, 0.05) is 10.7 Å². The largest absolute Gasteiger partial charge is 0.328 e. The van der Waals surface area contributed by atoms with Gasteiger partial charge in [0.15, 0.2) is 4.34 Å². The average Bonchev–Trinajstić information content (AvgIpc) is 3.05. The standard InChI is InChI=1S/C16H12ClFN4OS2/c17-10-5-7-11(8-6-10)19-14(23)9-24-16-22-21-15(25-16)20-13-4-2-1-3-12(13)18/h1-8H,9H2,(H,19,23)(H,20,21). The van der Waals surface area contributed by atoms with E-state index in [4.69, 9.17) is 11.6 Å². The second-order valence-corrected chi connectivity index (χ2v) is 7.46. The van der Waals surface area contributed by atoms with Crippen LogP contribution < -0.4 is 10.6 Å². The van der Waals surface area contributed by atoms with E-state index < -0.39 is 0 Å². The minimum absolute atomic E-state index is 0.161. The van der Waals surface area contributed by atoms with E-state index in [2.05, 4.69) is 20.8 Å². The van der Waals surface area contributed by atoms with Crippen LogP contribution in [0, 0.1) is 5.82 Å². The van der Waals surface area contributed by atoms with Crippen molar-refractivity contribution in [1.82, 2.24) is 10.2 Å². The number of hydrogen-bond donors (Lipinski definition) is 2. The predicted molar refractivity (Wildman–Crippen MR) is 100 cm³/mol. The number of nitrogens with zero attached hydrogens (tertiary/aromatic N) is 2. The number of benzene rings is 2. The molecule has 0 radical (unpaired) electrons. The Morgan fingerprint density at radius 2 is 1.92 bits per heavy atom. The number of nitrogens with one attached hydrogen (secondary N) is 2. The fraction of sp³-hybridized carbons (Fsp3) is 0.0625. The van der Waals surface area contributed by atoms with Crippen LogP contribution in [0.15, 0.2) is 52.9 Å². The molecule has 1 heterocycles. The summed E-state index contributed by atoms with van der Waals surface area (Å²) in [7, 11) is 0.